The third-order valence-electron chi connectivity index (χ3n) is 4.05. The third-order valence-corrected chi connectivity index (χ3v) is 8.01. The van der Waals surface area contributed by atoms with E-state index in [1.54, 1.807) is 0 Å². The summed E-state index contributed by atoms with van der Waals surface area (Å²) < 4.78 is 27.8. The van der Waals surface area contributed by atoms with Gasteiger partial charge in [0.05, 0.1) is 0 Å². The van der Waals surface area contributed by atoms with Crippen LogP contribution < -0.4 is 13.5 Å². The minimum atomic E-state index is -1.56. The molecule has 0 heterocycles. The van der Waals surface area contributed by atoms with Gasteiger partial charge in [0, 0.05) is 0 Å². The molecule has 0 aromatic heterocycles. The van der Waals surface area contributed by atoms with E-state index in [2.05, 4.69) is 13.8 Å². The Labute approximate surface area is 160 Å². The fourth-order valence-electron chi connectivity index (χ4n) is 2.48. The summed E-state index contributed by atoms with van der Waals surface area (Å²) >= 11 is -2.93. The van der Waals surface area contributed by atoms with Crippen LogP contribution in [0, 0.1) is 6.92 Å². The molecule has 4 heteroatoms. The van der Waals surface area contributed by atoms with E-state index in [0.29, 0.717) is 0 Å². The van der Waals surface area contributed by atoms with Crippen molar-refractivity contribution in [2.24, 2.45) is 0 Å². The van der Waals surface area contributed by atoms with Crippen LogP contribution >= 0.6 is 0 Å². The van der Waals surface area contributed by atoms with E-state index < -0.39 is 27.2 Å². The van der Waals surface area contributed by atoms with Crippen LogP contribution in [-0.2, 0) is 34.9 Å². The van der Waals surface area contributed by atoms with Crippen molar-refractivity contribution in [1.82, 2.24) is 0 Å². The molecule has 2 aromatic carbocycles. The fourth-order valence-corrected chi connectivity index (χ4v) is 5.40. The molecular weight excluding hydrogens is 402 g/mol. The Morgan fingerprint density at radius 3 is 1.88 bits per heavy atom. The van der Waals surface area contributed by atoms with Gasteiger partial charge in [0.1, 0.15) is 0 Å². The summed E-state index contributed by atoms with van der Waals surface area (Å²) in [5.41, 5.74) is 1.16. The molecular formula is C21H28Co2O2. The second-order valence-corrected chi connectivity index (χ2v) is 10.5. The van der Waals surface area contributed by atoms with Crippen molar-refractivity contribution < 1.29 is 34.9 Å². The first-order chi connectivity index (χ1) is 12.0. The van der Waals surface area contributed by atoms with Gasteiger partial charge in [-0.25, -0.2) is 0 Å². The summed E-state index contributed by atoms with van der Waals surface area (Å²) in [5, 5.41) is 0. The molecule has 25 heavy (non-hydrogen) atoms. The van der Waals surface area contributed by atoms with Crippen LogP contribution in [-0.4, -0.2) is 0 Å². The number of hydrogen-bond acceptors (Lipinski definition) is 2. The van der Waals surface area contributed by atoms with E-state index in [9.17, 15) is 7.73 Å². The summed E-state index contributed by atoms with van der Waals surface area (Å²) in [6.45, 7) is 6.29. The van der Waals surface area contributed by atoms with Crippen molar-refractivity contribution in [3.63, 3.8) is 0 Å². The van der Waals surface area contributed by atoms with E-state index in [1.165, 1.54) is 19.3 Å². The van der Waals surface area contributed by atoms with Crippen LogP contribution in [0.4, 0.5) is 0 Å². The number of aryl methyl sites for hydroxylation is 1. The second kappa shape index (κ2) is 10.3. The van der Waals surface area contributed by atoms with Gasteiger partial charge < -0.3 is 0 Å². The van der Waals surface area contributed by atoms with Gasteiger partial charge in [-0.1, -0.05) is 0 Å². The fraction of sp³-hybridized carbons (Fsp3) is 0.429. The van der Waals surface area contributed by atoms with E-state index in [1.807, 2.05) is 55.5 Å². The zero-order valence-electron chi connectivity index (χ0n) is 15.2. The Kier molecular flexibility index (Phi) is 8.36. The summed E-state index contributed by atoms with van der Waals surface area (Å²) in [6, 6.07) is 15.3. The van der Waals surface area contributed by atoms with E-state index in [-0.39, 0.29) is 4.85 Å². The van der Waals surface area contributed by atoms with Gasteiger partial charge in [-0.2, -0.15) is 0 Å². The summed E-state index contributed by atoms with van der Waals surface area (Å²) in [4.78, 5) is 0.195. The predicted molar refractivity (Wildman–Crippen MR) is 96.1 cm³/mol. The molecule has 0 saturated carbocycles. The predicted octanol–water partition coefficient (Wildman–Crippen LogP) is 4.28. The van der Waals surface area contributed by atoms with Crippen LogP contribution in [0.3, 0.4) is 0 Å². The zero-order chi connectivity index (χ0) is 18.2. The number of unbranched alkanes of at least 4 members (excludes halogenated alkanes) is 3. The van der Waals surface area contributed by atoms with Gasteiger partial charge >= 0.3 is 160 Å². The third kappa shape index (κ3) is 6.06. The summed E-state index contributed by atoms with van der Waals surface area (Å²) in [5.74, 6) is 0. The van der Waals surface area contributed by atoms with Crippen LogP contribution in [0.25, 0.3) is 0 Å². The van der Waals surface area contributed by atoms with Gasteiger partial charge in [-0.05, 0) is 0 Å². The van der Waals surface area contributed by atoms with E-state index in [0.717, 1.165) is 31.9 Å². The molecule has 0 fully saturated rings. The van der Waals surface area contributed by atoms with Gasteiger partial charge in [-0.3, -0.25) is 0 Å². The minimum absolute atomic E-state index is 0.195. The SMILES string of the molecule is CCCCCC[CH](C)[Co](=[O])[c]1cc[c]([Co](=[O])[c]2ccc(C)cc2)cc1. The molecule has 2 rings (SSSR count). The molecule has 2 nitrogen and oxygen atoms in total. The van der Waals surface area contributed by atoms with Crippen LogP contribution in [0.1, 0.15) is 51.5 Å². The topological polar surface area (TPSA) is 34.1 Å². The first-order valence-electron chi connectivity index (χ1n) is 8.80. The Hall–Kier alpha value is -0.947. The van der Waals surface area contributed by atoms with Gasteiger partial charge in [0.2, 0.25) is 0 Å². The molecule has 1 atom stereocenters. The molecule has 0 aliphatic rings. The van der Waals surface area contributed by atoms with Crippen LogP contribution in [0.15, 0.2) is 48.5 Å². The quantitative estimate of drug-likeness (QED) is 0.557. The van der Waals surface area contributed by atoms with Gasteiger partial charge in [-0.15, -0.1) is 0 Å². The second-order valence-electron chi connectivity index (χ2n) is 6.20. The van der Waals surface area contributed by atoms with Crippen LogP contribution in [0.5, 0.6) is 0 Å². The first-order valence-corrected chi connectivity index (χ1v) is 11.8. The van der Waals surface area contributed by atoms with Gasteiger partial charge in [0.15, 0.2) is 0 Å². The molecule has 0 bridgehead atoms. The molecule has 142 valence electrons. The zero-order valence-corrected chi connectivity index (χ0v) is 17.3. The molecule has 0 amide bonds. The Morgan fingerprint density at radius 1 is 0.800 bits per heavy atom. The molecule has 0 aliphatic heterocycles. The number of hydrogen-bond donors (Lipinski definition) is 0. The van der Waals surface area contributed by atoms with Crippen LogP contribution in [0.2, 0.25) is 4.85 Å². The average Bonchev–Trinajstić information content (AvgIpc) is 2.64. The summed E-state index contributed by atoms with van der Waals surface area (Å²) in [6.07, 6.45) is 5.85. The van der Waals surface area contributed by atoms with Crippen molar-refractivity contribution in [3.05, 3.63) is 54.1 Å². The Bertz CT molecular complexity index is 706. The molecule has 0 N–H and O–H groups in total. The Balaban J connectivity index is 2.00. The van der Waals surface area contributed by atoms with E-state index in [4.69, 9.17) is 0 Å². The maximum absolute atomic E-state index is 12.7. The molecule has 0 spiro atoms. The molecule has 0 aliphatic carbocycles. The van der Waals surface area contributed by atoms with Gasteiger partial charge in [0.25, 0.3) is 0 Å². The molecule has 0 radical (unpaired) electrons. The molecule has 1 unspecified atom stereocenters. The molecule has 2 aromatic rings. The van der Waals surface area contributed by atoms with Crippen molar-refractivity contribution >= 4 is 13.5 Å². The maximum atomic E-state index is 12.7. The normalized spacial score (nSPS) is 13.4. The monoisotopic (exact) mass is 430 g/mol. The van der Waals surface area contributed by atoms with Crippen molar-refractivity contribution in [2.45, 2.75) is 57.7 Å². The summed E-state index contributed by atoms with van der Waals surface area (Å²) in [7, 11) is 0. The molecule has 0 saturated heterocycles. The van der Waals surface area contributed by atoms with Crippen molar-refractivity contribution in [2.75, 3.05) is 0 Å². The standard InChI is InChI=1S/C8H17.C7H7.C6H4.2Co.2O/c1-3-5-7-8-6-4-2;1-7-5-3-2-4-6-7;1-2-4-6-5-3-1;;;;/h3H,4-8H2,1-2H3;3-6H,1H3;1-2,5-6H;;;;. The Morgan fingerprint density at radius 2 is 1.32 bits per heavy atom. The number of benzene rings is 2. The number of rotatable bonds is 9. The van der Waals surface area contributed by atoms with E-state index >= 15 is 0 Å². The average molecular weight is 430 g/mol. The van der Waals surface area contributed by atoms with Crippen molar-refractivity contribution in [3.8, 4) is 0 Å². The van der Waals surface area contributed by atoms with Crippen molar-refractivity contribution in [1.29, 1.82) is 0 Å². The first kappa shape index (κ1) is 20.4.